The summed E-state index contributed by atoms with van der Waals surface area (Å²) in [5.41, 5.74) is 7.16. The van der Waals surface area contributed by atoms with Crippen molar-refractivity contribution in [2.24, 2.45) is 5.73 Å². The van der Waals surface area contributed by atoms with E-state index in [0.29, 0.717) is 16.1 Å². The summed E-state index contributed by atoms with van der Waals surface area (Å²) in [4.78, 5) is 28.5. The summed E-state index contributed by atoms with van der Waals surface area (Å²) >= 11 is 1.27. The first kappa shape index (κ1) is 20.6. The van der Waals surface area contributed by atoms with Crippen molar-refractivity contribution >= 4 is 28.2 Å². The fraction of sp³-hybridized carbons (Fsp3) is 0.150. The van der Waals surface area contributed by atoms with E-state index in [1.165, 1.54) is 24.3 Å². The zero-order valence-electron chi connectivity index (χ0n) is 15.4. The molecule has 9 heteroatoms. The molecule has 0 aliphatic heterocycles. The molecule has 3 aromatic rings. The predicted octanol–water partition coefficient (Wildman–Crippen LogP) is 3.16. The molecule has 3 rings (SSSR count). The van der Waals surface area contributed by atoms with Gasteiger partial charge in [-0.25, -0.2) is 8.78 Å². The van der Waals surface area contributed by atoms with Crippen LogP contribution in [0.25, 0.3) is 21.6 Å². The molecule has 2 aromatic heterocycles. The molecular formula is C20H18F2N4O2S. The quantitative estimate of drug-likeness (QED) is 0.575. The lowest BCUT2D eigenvalue weighted by Gasteiger charge is -2.12. The fourth-order valence-electron chi connectivity index (χ4n) is 2.64. The van der Waals surface area contributed by atoms with Gasteiger partial charge in [-0.2, -0.15) is 0 Å². The lowest BCUT2D eigenvalue weighted by molar-refractivity contribution is -0.125. The number of hydrogen-bond donors (Lipinski definition) is 3. The van der Waals surface area contributed by atoms with Gasteiger partial charge >= 0.3 is 0 Å². The number of amides is 2. The maximum atomic E-state index is 13.8. The number of carbonyl (C=O) groups excluding carboxylic acids is 2. The largest absolute Gasteiger partial charge is 0.343 e. The topological polar surface area (TPSA) is 97.1 Å². The number of pyridine rings is 1. The summed E-state index contributed by atoms with van der Waals surface area (Å²) < 4.78 is 27.1. The Balaban J connectivity index is 1.95. The fourth-order valence-corrected chi connectivity index (χ4v) is 3.73. The number of nitrogens with zero attached hydrogens (tertiary/aromatic N) is 1. The van der Waals surface area contributed by atoms with E-state index >= 15 is 0 Å². The van der Waals surface area contributed by atoms with Crippen LogP contribution >= 0.6 is 11.3 Å². The van der Waals surface area contributed by atoms with Crippen LogP contribution in [0, 0.1) is 11.6 Å². The molecule has 6 nitrogen and oxygen atoms in total. The normalized spacial score (nSPS) is 11.7. The summed E-state index contributed by atoms with van der Waals surface area (Å²) in [6.45, 7) is 1.32. The summed E-state index contributed by atoms with van der Waals surface area (Å²) in [6, 6.07) is 8.10. The molecule has 29 heavy (non-hydrogen) atoms. The van der Waals surface area contributed by atoms with Crippen molar-refractivity contribution < 1.29 is 18.4 Å². The van der Waals surface area contributed by atoms with E-state index in [4.69, 9.17) is 5.73 Å². The number of nitrogens with two attached hydrogens (primary N) is 1. The van der Waals surface area contributed by atoms with Crippen molar-refractivity contribution in [1.82, 2.24) is 10.3 Å². The zero-order chi connectivity index (χ0) is 21.0. The van der Waals surface area contributed by atoms with Gasteiger partial charge in [-0.3, -0.25) is 14.6 Å². The highest BCUT2D eigenvalue weighted by Gasteiger charge is 2.19. The van der Waals surface area contributed by atoms with Crippen LogP contribution in [-0.4, -0.2) is 29.4 Å². The minimum Gasteiger partial charge on any atom is -0.343 e. The lowest BCUT2D eigenvalue weighted by Crippen LogP contribution is -2.43. The summed E-state index contributed by atoms with van der Waals surface area (Å²) in [5, 5.41) is 5.71. The molecule has 0 radical (unpaired) electrons. The van der Waals surface area contributed by atoms with Crippen LogP contribution in [0.4, 0.5) is 13.8 Å². The molecule has 0 saturated heterocycles. The summed E-state index contributed by atoms with van der Waals surface area (Å²) in [6.07, 6.45) is 3.24. The van der Waals surface area contributed by atoms with Gasteiger partial charge in [-0.15, -0.1) is 11.3 Å². The van der Waals surface area contributed by atoms with E-state index in [2.05, 4.69) is 15.6 Å². The molecule has 150 valence electrons. The van der Waals surface area contributed by atoms with Crippen molar-refractivity contribution in [3.63, 3.8) is 0 Å². The SMILES string of the molecule is C[C@H](NC(=O)CN)C(=O)Nc1cc(-c2ccc(F)c(F)c2)c(-c2ccncc2)s1. The Morgan fingerprint density at radius 1 is 1.10 bits per heavy atom. The Hall–Kier alpha value is -3.17. The molecule has 2 heterocycles. The molecular weight excluding hydrogens is 398 g/mol. The summed E-state index contributed by atoms with van der Waals surface area (Å²) in [5.74, 6) is -2.77. The molecule has 0 saturated carbocycles. The third kappa shape index (κ3) is 4.82. The first-order chi connectivity index (χ1) is 13.9. The van der Waals surface area contributed by atoms with Crippen LogP contribution in [0.1, 0.15) is 6.92 Å². The Morgan fingerprint density at radius 2 is 1.83 bits per heavy atom. The van der Waals surface area contributed by atoms with Crippen LogP contribution in [0.15, 0.2) is 48.8 Å². The lowest BCUT2D eigenvalue weighted by atomic mass is 10.0. The maximum absolute atomic E-state index is 13.8. The van der Waals surface area contributed by atoms with E-state index in [1.54, 1.807) is 30.6 Å². The molecule has 0 spiro atoms. The first-order valence-corrected chi connectivity index (χ1v) is 9.50. The van der Waals surface area contributed by atoms with Gasteiger partial charge in [-0.05, 0) is 48.4 Å². The molecule has 0 fully saturated rings. The second-order valence-corrected chi connectivity index (χ2v) is 7.25. The average molecular weight is 416 g/mol. The third-order valence-electron chi connectivity index (χ3n) is 4.11. The Morgan fingerprint density at radius 3 is 2.48 bits per heavy atom. The van der Waals surface area contributed by atoms with Crippen molar-refractivity contribution in [2.45, 2.75) is 13.0 Å². The molecule has 1 atom stereocenters. The highest BCUT2D eigenvalue weighted by molar-refractivity contribution is 7.20. The minimum atomic E-state index is -0.960. The number of halogens is 2. The van der Waals surface area contributed by atoms with Crippen molar-refractivity contribution in [3.8, 4) is 21.6 Å². The minimum absolute atomic E-state index is 0.219. The number of rotatable bonds is 6. The van der Waals surface area contributed by atoms with Crippen molar-refractivity contribution in [3.05, 3.63) is 60.4 Å². The van der Waals surface area contributed by atoms with E-state index in [9.17, 15) is 18.4 Å². The van der Waals surface area contributed by atoms with Gasteiger partial charge in [0.25, 0.3) is 0 Å². The van der Waals surface area contributed by atoms with Crippen LogP contribution < -0.4 is 16.4 Å². The van der Waals surface area contributed by atoms with Crippen LogP contribution in [-0.2, 0) is 9.59 Å². The standard InChI is InChI=1S/C20H18F2N4O2S/c1-11(25-17(27)10-23)20(28)26-18-9-14(13-2-3-15(21)16(22)8-13)19(29-18)12-4-6-24-7-5-12/h2-9,11H,10,23H2,1H3,(H,25,27)(H,26,28)/t11-/m0/s1. The highest BCUT2D eigenvalue weighted by atomic mass is 32.1. The van der Waals surface area contributed by atoms with E-state index in [1.807, 2.05) is 0 Å². The Bertz CT molecular complexity index is 1040. The highest BCUT2D eigenvalue weighted by Crippen LogP contribution is 2.42. The number of anilines is 1. The van der Waals surface area contributed by atoms with Gasteiger partial charge < -0.3 is 16.4 Å². The molecule has 2 amide bonds. The number of carbonyl (C=O) groups is 2. The monoisotopic (exact) mass is 416 g/mol. The number of nitrogens with one attached hydrogen (secondary N) is 2. The van der Waals surface area contributed by atoms with E-state index in [0.717, 1.165) is 22.6 Å². The average Bonchev–Trinajstić information content (AvgIpc) is 3.14. The van der Waals surface area contributed by atoms with Gasteiger partial charge in [0.1, 0.15) is 6.04 Å². The van der Waals surface area contributed by atoms with Gasteiger partial charge in [-0.1, -0.05) is 6.07 Å². The van der Waals surface area contributed by atoms with Crippen molar-refractivity contribution in [1.29, 1.82) is 0 Å². The molecule has 4 N–H and O–H groups in total. The Labute approximate surface area is 169 Å². The molecule has 0 unspecified atom stereocenters. The van der Waals surface area contributed by atoms with Crippen molar-refractivity contribution in [2.75, 3.05) is 11.9 Å². The van der Waals surface area contributed by atoms with Gasteiger partial charge in [0, 0.05) is 22.8 Å². The number of hydrogen-bond acceptors (Lipinski definition) is 5. The summed E-state index contributed by atoms with van der Waals surface area (Å²) in [7, 11) is 0. The third-order valence-corrected chi connectivity index (χ3v) is 5.21. The van der Waals surface area contributed by atoms with Gasteiger partial charge in [0.15, 0.2) is 11.6 Å². The van der Waals surface area contributed by atoms with E-state index in [-0.39, 0.29) is 6.54 Å². The predicted molar refractivity (Wildman–Crippen MR) is 108 cm³/mol. The molecule has 0 aliphatic carbocycles. The molecule has 1 aromatic carbocycles. The van der Waals surface area contributed by atoms with Crippen LogP contribution in [0.3, 0.4) is 0 Å². The smallest absolute Gasteiger partial charge is 0.247 e. The number of aromatic nitrogens is 1. The van der Waals surface area contributed by atoms with E-state index < -0.39 is 29.5 Å². The van der Waals surface area contributed by atoms with Gasteiger partial charge in [0.05, 0.1) is 11.5 Å². The van der Waals surface area contributed by atoms with Crippen LogP contribution in [0.2, 0.25) is 0 Å². The maximum Gasteiger partial charge on any atom is 0.247 e. The molecule has 0 aliphatic rings. The second-order valence-electron chi connectivity index (χ2n) is 6.20. The van der Waals surface area contributed by atoms with Gasteiger partial charge in [0.2, 0.25) is 11.8 Å². The molecule has 0 bridgehead atoms. The second kappa shape index (κ2) is 8.89. The Kier molecular flexibility index (Phi) is 6.30. The number of thiophene rings is 1. The first-order valence-electron chi connectivity index (χ1n) is 8.69. The zero-order valence-corrected chi connectivity index (χ0v) is 16.2. The van der Waals surface area contributed by atoms with Crippen LogP contribution in [0.5, 0.6) is 0 Å². The number of benzene rings is 1.